The second kappa shape index (κ2) is 5.90. The lowest BCUT2D eigenvalue weighted by Gasteiger charge is -2.34. The Hall–Kier alpha value is -2.71. The molecular weight excluding hydrogens is 359 g/mol. The third-order valence-corrected chi connectivity index (χ3v) is 7.96. The van der Waals surface area contributed by atoms with Gasteiger partial charge in [0.1, 0.15) is 17.3 Å². The van der Waals surface area contributed by atoms with E-state index in [1.165, 1.54) is 6.07 Å². The molecule has 1 aliphatic heterocycles. The van der Waals surface area contributed by atoms with Crippen LogP contribution in [0.3, 0.4) is 0 Å². The molecule has 2 aromatic rings. The number of benzene rings is 2. The molecule has 4 nitrogen and oxygen atoms in total. The molecule has 0 fully saturated rings. The van der Waals surface area contributed by atoms with Gasteiger partial charge in [-0.3, -0.25) is 4.57 Å². The maximum atomic E-state index is 14.2. The van der Waals surface area contributed by atoms with Gasteiger partial charge in [0.15, 0.2) is 0 Å². The molecule has 136 valence electrons. The highest BCUT2D eigenvalue weighted by Gasteiger charge is 2.42. The molecule has 1 atom stereocenters. The lowest BCUT2D eigenvalue weighted by Crippen LogP contribution is -2.18. The molecule has 2 N–H and O–H groups in total. The number of hydrogen-bond donors (Lipinski definition) is 2. The summed E-state index contributed by atoms with van der Waals surface area (Å²) in [6.45, 7) is 0. The van der Waals surface area contributed by atoms with E-state index in [2.05, 4.69) is 0 Å². The summed E-state index contributed by atoms with van der Waals surface area (Å²) in [5.41, 5.74) is 2.19. The number of phenols is 2. The van der Waals surface area contributed by atoms with Gasteiger partial charge in [-0.2, -0.15) is 0 Å². The molecule has 1 unspecified atom stereocenters. The number of hydrogen-bond acceptors (Lipinski definition) is 4. The van der Waals surface area contributed by atoms with Crippen LogP contribution in [-0.4, -0.2) is 10.2 Å². The Morgan fingerprint density at radius 1 is 0.926 bits per heavy atom. The predicted octanol–water partition coefficient (Wildman–Crippen LogP) is 5.39. The van der Waals surface area contributed by atoms with E-state index >= 15 is 0 Å². The summed E-state index contributed by atoms with van der Waals surface area (Å²) < 4.78 is 20.3. The van der Waals surface area contributed by atoms with E-state index in [9.17, 15) is 14.8 Å². The van der Waals surface area contributed by atoms with Gasteiger partial charge in [0.2, 0.25) is 0 Å². The summed E-state index contributed by atoms with van der Waals surface area (Å²) in [4.78, 5) is 0. The van der Waals surface area contributed by atoms with Gasteiger partial charge in [-0.05, 0) is 49.0 Å². The van der Waals surface area contributed by atoms with E-state index in [0.717, 1.165) is 36.8 Å². The van der Waals surface area contributed by atoms with Crippen molar-refractivity contribution in [2.75, 3.05) is 0 Å². The highest BCUT2D eigenvalue weighted by molar-refractivity contribution is 7.71. The molecule has 3 aliphatic rings. The van der Waals surface area contributed by atoms with Gasteiger partial charge in [-0.25, -0.2) is 0 Å². The fourth-order valence-electron chi connectivity index (χ4n) is 4.18. The summed E-state index contributed by atoms with van der Waals surface area (Å²) in [5.74, 6) is 0.519. The van der Waals surface area contributed by atoms with Crippen molar-refractivity contribution < 1.29 is 19.3 Å². The lowest BCUT2D eigenvalue weighted by atomic mass is 9.90. The van der Waals surface area contributed by atoms with Crippen molar-refractivity contribution in [2.45, 2.75) is 25.7 Å². The van der Waals surface area contributed by atoms with E-state index in [1.54, 1.807) is 24.3 Å². The van der Waals surface area contributed by atoms with Crippen LogP contribution in [0.1, 0.15) is 25.7 Å². The van der Waals surface area contributed by atoms with Crippen LogP contribution in [0, 0.1) is 0 Å². The van der Waals surface area contributed by atoms with E-state index in [0.29, 0.717) is 21.8 Å². The van der Waals surface area contributed by atoms with Crippen molar-refractivity contribution in [3.05, 3.63) is 76.9 Å². The topological polar surface area (TPSA) is 66.8 Å². The Bertz CT molecular complexity index is 1150. The van der Waals surface area contributed by atoms with Crippen LogP contribution in [0.25, 0.3) is 10.8 Å². The molecule has 5 heteroatoms. The molecule has 0 radical (unpaired) electrons. The molecule has 2 aromatic carbocycles. The number of rotatable bonds is 1. The van der Waals surface area contributed by atoms with Crippen molar-refractivity contribution >= 4 is 23.4 Å². The first kappa shape index (κ1) is 16.5. The Kier molecular flexibility index (Phi) is 3.60. The van der Waals surface area contributed by atoms with Crippen molar-refractivity contribution in [3.63, 3.8) is 0 Å². The molecule has 0 spiro atoms. The molecule has 0 saturated heterocycles. The van der Waals surface area contributed by atoms with Crippen LogP contribution < -0.4 is 5.30 Å². The Balaban J connectivity index is 1.80. The Labute approximate surface area is 157 Å². The van der Waals surface area contributed by atoms with E-state index in [4.69, 9.17) is 4.52 Å². The van der Waals surface area contributed by atoms with E-state index in [-0.39, 0.29) is 16.8 Å². The Morgan fingerprint density at radius 3 is 2.44 bits per heavy atom. The summed E-state index contributed by atoms with van der Waals surface area (Å²) in [6, 6.07) is 8.39. The zero-order chi connectivity index (χ0) is 18.6. The molecule has 0 aromatic heterocycles. The third-order valence-electron chi connectivity index (χ3n) is 5.47. The van der Waals surface area contributed by atoms with Crippen LogP contribution >= 0.6 is 7.37 Å². The van der Waals surface area contributed by atoms with Gasteiger partial charge in [0.25, 0.3) is 0 Å². The maximum absolute atomic E-state index is 14.2. The standard InChI is InChI=1S/C22H19O4P/c23-18-13-21(22(24)17-10-2-1-7-14(17)18)27(25)20-12-6-4-9-16(20)15-8-3-5-11-19(15)26-27/h1-2,5-7,10-13,23-24H,3-4,8-9H2. The fourth-order valence-corrected chi connectivity index (χ4v) is 6.68. The van der Waals surface area contributed by atoms with Crippen molar-refractivity contribution in [1.82, 2.24) is 0 Å². The number of aromatic hydroxyl groups is 2. The van der Waals surface area contributed by atoms with Crippen LogP contribution in [0.4, 0.5) is 0 Å². The monoisotopic (exact) mass is 378 g/mol. The molecule has 0 saturated carbocycles. The van der Waals surface area contributed by atoms with Crippen LogP contribution in [0.15, 0.2) is 76.9 Å². The van der Waals surface area contributed by atoms with E-state index < -0.39 is 7.37 Å². The van der Waals surface area contributed by atoms with Gasteiger partial charge in [-0.1, -0.05) is 42.5 Å². The van der Waals surface area contributed by atoms with Gasteiger partial charge in [-0.15, -0.1) is 0 Å². The first-order valence-electron chi connectivity index (χ1n) is 9.14. The quantitative estimate of drug-likeness (QED) is 0.516. The summed E-state index contributed by atoms with van der Waals surface area (Å²) in [5, 5.41) is 23.2. The molecular formula is C22H19O4P. The number of allylic oxidation sites excluding steroid dienone is 7. The van der Waals surface area contributed by atoms with E-state index in [1.807, 2.05) is 24.3 Å². The smallest absolute Gasteiger partial charge is 0.310 e. The van der Waals surface area contributed by atoms with Crippen LogP contribution in [0.2, 0.25) is 0 Å². The number of phenolic OH excluding ortho intramolecular Hbond substituents is 2. The highest BCUT2D eigenvalue weighted by atomic mass is 31.2. The third kappa shape index (κ3) is 2.33. The minimum atomic E-state index is -3.58. The average Bonchev–Trinajstić information content (AvgIpc) is 2.71. The largest absolute Gasteiger partial charge is 0.507 e. The lowest BCUT2D eigenvalue weighted by molar-refractivity contribution is 0.415. The SMILES string of the molecule is O=P1(c2cc(O)c3ccccc3c2O)OC2=C(CCC=C2)C2=C1C=CCC2. The first-order valence-corrected chi connectivity index (χ1v) is 10.8. The van der Waals surface area contributed by atoms with Crippen LogP contribution in [-0.2, 0) is 9.09 Å². The minimum Gasteiger partial charge on any atom is -0.507 e. The molecule has 0 bridgehead atoms. The summed E-state index contributed by atoms with van der Waals surface area (Å²) in [6.07, 6.45) is 11.3. The molecule has 27 heavy (non-hydrogen) atoms. The fraction of sp³-hybridized carbons (Fsp3) is 0.182. The number of fused-ring (bicyclic) bond motifs is 2. The molecule has 0 amide bonds. The zero-order valence-corrected chi connectivity index (χ0v) is 15.6. The predicted molar refractivity (Wildman–Crippen MR) is 106 cm³/mol. The Morgan fingerprint density at radius 2 is 1.63 bits per heavy atom. The van der Waals surface area contributed by atoms with Gasteiger partial charge in [0, 0.05) is 10.8 Å². The van der Waals surface area contributed by atoms with Crippen LogP contribution in [0.5, 0.6) is 11.5 Å². The second-order valence-electron chi connectivity index (χ2n) is 7.04. The van der Waals surface area contributed by atoms with Crippen molar-refractivity contribution in [2.24, 2.45) is 0 Å². The maximum Gasteiger partial charge on any atom is 0.310 e. The average molecular weight is 378 g/mol. The van der Waals surface area contributed by atoms with Gasteiger partial charge in [0.05, 0.1) is 10.6 Å². The van der Waals surface area contributed by atoms with Gasteiger partial charge >= 0.3 is 7.37 Å². The summed E-state index contributed by atoms with van der Waals surface area (Å²) >= 11 is 0. The van der Waals surface area contributed by atoms with Crippen molar-refractivity contribution in [3.8, 4) is 11.5 Å². The first-order chi connectivity index (χ1) is 13.1. The minimum absolute atomic E-state index is 0.0156. The zero-order valence-electron chi connectivity index (χ0n) is 14.7. The second-order valence-corrected chi connectivity index (χ2v) is 9.29. The van der Waals surface area contributed by atoms with Crippen molar-refractivity contribution in [1.29, 1.82) is 0 Å². The molecule has 2 aliphatic carbocycles. The summed E-state index contributed by atoms with van der Waals surface area (Å²) in [7, 11) is -3.58. The molecule has 1 heterocycles. The van der Waals surface area contributed by atoms with Gasteiger partial charge < -0.3 is 14.7 Å². The molecule has 5 rings (SSSR count). The highest BCUT2D eigenvalue weighted by Crippen LogP contribution is 2.65. The normalized spacial score (nSPS) is 24.0.